The number of carbonyl (C=O) groups is 2. The van der Waals surface area contributed by atoms with Crippen LogP contribution in [0.1, 0.15) is 28.8 Å². The summed E-state index contributed by atoms with van der Waals surface area (Å²) in [7, 11) is 0. The molecular weight excluding hydrogens is 216 g/mol. The topological polar surface area (TPSA) is 63.4 Å². The lowest BCUT2D eigenvalue weighted by Crippen LogP contribution is -2.27. The molecule has 2 amide bonds. The van der Waals surface area contributed by atoms with Crippen molar-refractivity contribution in [3.8, 4) is 0 Å². The summed E-state index contributed by atoms with van der Waals surface area (Å²) in [5, 5.41) is 0. The summed E-state index contributed by atoms with van der Waals surface area (Å²) < 4.78 is 0. The van der Waals surface area contributed by atoms with Gasteiger partial charge in [0.05, 0.1) is 0 Å². The molecule has 0 aromatic heterocycles. The minimum absolute atomic E-state index is 0.210. The molecule has 1 aromatic carbocycles. The maximum Gasteiger partial charge on any atom is 0.248 e. The maximum absolute atomic E-state index is 11.4. The van der Waals surface area contributed by atoms with Crippen LogP contribution in [0, 0.1) is 0 Å². The molecule has 0 atom stereocenters. The van der Waals surface area contributed by atoms with Crippen LogP contribution in [0.5, 0.6) is 0 Å². The predicted octanol–water partition coefficient (Wildman–Crippen LogP) is 0.950. The Balaban J connectivity index is 2.03. The van der Waals surface area contributed by atoms with Crippen molar-refractivity contribution < 1.29 is 9.59 Å². The van der Waals surface area contributed by atoms with E-state index in [9.17, 15) is 9.59 Å². The fourth-order valence-electron chi connectivity index (χ4n) is 2.17. The SMILES string of the molecule is NC(=O)c1ccccc1CCN1CCCC1=O. The van der Waals surface area contributed by atoms with Gasteiger partial charge in [-0.2, -0.15) is 0 Å². The second-order valence-corrected chi connectivity index (χ2v) is 4.26. The first-order valence-corrected chi connectivity index (χ1v) is 5.84. The van der Waals surface area contributed by atoms with Crippen LogP contribution in [-0.4, -0.2) is 29.8 Å². The van der Waals surface area contributed by atoms with Gasteiger partial charge in [-0.25, -0.2) is 0 Å². The average molecular weight is 232 g/mol. The summed E-state index contributed by atoms with van der Waals surface area (Å²) >= 11 is 0. The number of amides is 2. The summed E-state index contributed by atoms with van der Waals surface area (Å²) in [4.78, 5) is 24.5. The van der Waals surface area contributed by atoms with Crippen LogP contribution >= 0.6 is 0 Å². The number of carbonyl (C=O) groups excluding carboxylic acids is 2. The van der Waals surface area contributed by atoms with Crippen molar-refractivity contribution >= 4 is 11.8 Å². The van der Waals surface area contributed by atoms with Gasteiger partial charge in [-0.3, -0.25) is 9.59 Å². The van der Waals surface area contributed by atoms with Crippen molar-refractivity contribution in [1.29, 1.82) is 0 Å². The molecule has 1 aromatic rings. The number of hydrogen-bond donors (Lipinski definition) is 1. The van der Waals surface area contributed by atoms with Gasteiger partial charge in [0.25, 0.3) is 0 Å². The van der Waals surface area contributed by atoms with Gasteiger partial charge in [-0.05, 0) is 24.5 Å². The smallest absolute Gasteiger partial charge is 0.248 e. The number of nitrogens with two attached hydrogens (primary N) is 1. The van der Waals surface area contributed by atoms with Gasteiger partial charge >= 0.3 is 0 Å². The molecule has 4 heteroatoms. The Morgan fingerprint density at radius 2 is 2.12 bits per heavy atom. The van der Waals surface area contributed by atoms with Gasteiger partial charge in [0.1, 0.15) is 0 Å². The van der Waals surface area contributed by atoms with Gasteiger partial charge in [0.15, 0.2) is 0 Å². The quantitative estimate of drug-likeness (QED) is 0.840. The van der Waals surface area contributed by atoms with Crippen molar-refractivity contribution in [2.24, 2.45) is 5.73 Å². The second-order valence-electron chi connectivity index (χ2n) is 4.26. The van der Waals surface area contributed by atoms with E-state index >= 15 is 0 Å². The molecule has 2 rings (SSSR count). The van der Waals surface area contributed by atoms with E-state index in [0.717, 1.165) is 18.5 Å². The molecule has 90 valence electrons. The Kier molecular flexibility index (Phi) is 3.42. The van der Waals surface area contributed by atoms with Crippen LogP contribution in [0.15, 0.2) is 24.3 Å². The second kappa shape index (κ2) is 4.99. The Bertz CT molecular complexity index is 443. The molecule has 2 N–H and O–H groups in total. The van der Waals surface area contributed by atoms with E-state index in [4.69, 9.17) is 5.73 Å². The third-order valence-electron chi connectivity index (χ3n) is 3.11. The van der Waals surface area contributed by atoms with E-state index in [1.807, 2.05) is 17.0 Å². The van der Waals surface area contributed by atoms with Crippen molar-refractivity contribution in [1.82, 2.24) is 4.90 Å². The summed E-state index contributed by atoms with van der Waals surface area (Å²) in [5.41, 5.74) is 6.78. The first kappa shape index (κ1) is 11.6. The number of primary amides is 1. The van der Waals surface area contributed by atoms with E-state index in [1.165, 1.54) is 0 Å². The lowest BCUT2D eigenvalue weighted by atomic mass is 10.0. The van der Waals surface area contributed by atoms with Gasteiger partial charge < -0.3 is 10.6 Å². The molecule has 1 aliphatic rings. The molecule has 0 spiro atoms. The fraction of sp³-hybridized carbons (Fsp3) is 0.385. The molecule has 1 fully saturated rings. The molecule has 17 heavy (non-hydrogen) atoms. The van der Waals surface area contributed by atoms with Crippen LogP contribution in [0.3, 0.4) is 0 Å². The molecule has 1 heterocycles. The molecule has 0 saturated carbocycles. The van der Waals surface area contributed by atoms with Crippen molar-refractivity contribution in [2.45, 2.75) is 19.3 Å². The van der Waals surface area contributed by atoms with Gasteiger partial charge in [0, 0.05) is 25.1 Å². The fourth-order valence-corrected chi connectivity index (χ4v) is 2.17. The Labute approximate surface area is 100 Å². The largest absolute Gasteiger partial charge is 0.366 e. The highest BCUT2D eigenvalue weighted by atomic mass is 16.2. The van der Waals surface area contributed by atoms with E-state index in [0.29, 0.717) is 24.9 Å². The highest BCUT2D eigenvalue weighted by Crippen LogP contribution is 2.13. The highest BCUT2D eigenvalue weighted by molar-refractivity contribution is 5.94. The number of rotatable bonds is 4. The standard InChI is InChI=1S/C13H16N2O2/c14-13(17)11-5-2-1-4-10(11)7-9-15-8-3-6-12(15)16/h1-2,4-5H,3,6-9H2,(H2,14,17). The zero-order valence-electron chi connectivity index (χ0n) is 9.69. The van der Waals surface area contributed by atoms with Gasteiger partial charge in [-0.1, -0.05) is 18.2 Å². The van der Waals surface area contributed by atoms with Crippen molar-refractivity contribution in [3.05, 3.63) is 35.4 Å². The zero-order valence-corrected chi connectivity index (χ0v) is 9.69. The van der Waals surface area contributed by atoms with Crippen LogP contribution in [0.2, 0.25) is 0 Å². The molecular formula is C13H16N2O2. The summed E-state index contributed by atoms with van der Waals surface area (Å²) in [5.74, 6) is -0.199. The summed E-state index contributed by atoms with van der Waals surface area (Å²) in [6.45, 7) is 1.50. The van der Waals surface area contributed by atoms with E-state index in [1.54, 1.807) is 12.1 Å². The Morgan fingerprint density at radius 1 is 1.35 bits per heavy atom. The first-order chi connectivity index (χ1) is 8.18. The molecule has 1 saturated heterocycles. The van der Waals surface area contributed by atoms with E-state index < -0.39 is 5.91 Å². The van der Waals surface area contributed by atoms with Gasteiger partial charge in [-0.15, -0.1) is 0 Å². The molecule has 0 bridgehead atoms. The number of benzene rings is 1. The Hall–Kier alpha value is -1.84. The molecule has 0 radical (unpaired) electrons. The average Bonchev–Trinajstić information content (AvgIpc) is 2.72. The van der Waals surface area contributed by atoms with Crippen molar-refractivity contribution in [3.63, 3.8) is 0 Å². The first-order valence-electron chi connectivity index (χ1n) is 5.84. The Morgan fingerprint density at radius 3 is 2.76 bits per heavy atom. The monoisotopic (exact) mass is 232 g/mol. The zero-order chi connectivity index (χ0) is 12.3. The third-order valence-corrected chi connectivity index (χ3v) is 3.11. The minimum atomic E-state index is -0.409. The third kappa shape index (κ3) is 2.64. The highest BCUT2D eigenvalue weighted by Gasteiger charge is 2.20. The van der Waals surface area contributed by atoms with Crippen LogP contribution in [0.25, 0.3) is 0 Å². The molecule has 0 aliphatic carbocycles. The van der Waals surface area contributed by atoms with Gasteiger partial charge in [0.2, 0.25) is 11.8 Å². The van der Waals surface area contributed by atoms with E-state index in [2.05, 4.69) is 0 Å². The predicted molar refractivity (Wildman–Crippen MR) is 64.5 cm³/mol. The van der Waals surface area contributed by atoms with Crippen molar-refractivity contribution in [2.75, 3.05) is 13.1 Å². The minimum Gasteiger partial charge on any atom is -0.366 e. The lowest BCUT2D eigenvalue weighted by molar-refractivity contribution is -0.127. The maximum atomic E-state index is 11.4. The number of likely N-dealkylation sites (tertiary alicyclic amines) is 1. The van der Waals surface area contributed by atoms with Crippen LogP contribution < -0.4 is 5.73 Å². The number of hydrogen-bond acceptors (Lipinski definition) is 2. The number of nitrogens with zero attached hydrogens (tertiary/aromatic N) is 1. The summed E-state index contributed by atoms with van der Waals surface area (Å²) in [6.07, 6.45) is 2.28. The van der Waals surface area contributed by atoms with E-state index in [-0.39, 0.29) is 5.91 Å². The van der Waals surface area contributed by atoms with Crippen LogP contribution in [0.4, 0.5) is 0 Å². The summed E-state index contributed by atoms with van der Waals surface area (Å²) in [6, 6.07) is 7.29. The molecule has 4 nitrogen and oxygen atoms in total. The molecule has 1 aliphatic heterocycles. The molecule has 0 unspecified atom stereocenters. The normalized spacial score (nSPS) is 15.3. The van der Waals surface area contributed by atoms with Crippen LogP contribution in [-0.2, 0) is 11.2 Å². The lowest BCUT2D eigenvalue weighted by Gasteiger charge is -2.16.